The summed E-state index contributed by atoms with van der Waals surface area (Å²) in [6.45, 7) is 0.356. The third kappa shape index (κ3) is 3.50. The first-order valence-corrected chi connectivity index (χ1v) is 12.0. The van der Waals surface area contributed by atoms with E-state index in [0.29, 0.717) is 24.5 Å². The third-order valence-electron chi connectivity index (χ3n) is 7.28. The van der Waals surface area contributed by atoms with Crippen LogP contribution in [0.2, 0.25) is 0 Å². The molecule has 3 heterocycles. The van der Waals surface area contributed by atoms with Gasteiger partial charge in [-0.2, -0.15) is 0 Å². The van der Waals surface area contributed by atoms with Gasteiger partial charge in [-0.15, -0.1) is 0 Å². The molecule has 0 bridgehead atoms. The van der Waals surface area contributed by atoms with Crippen LogP contribution in [0.25, 0.3) is 10.9 Å². The van der Waals surface area contributed by atoms with E-state index in [0.717, 1.165) is 33.3 Å². The number of ether oxygens (including phenoxy) is 2. The monoisotopic (exact) mass is 481 g/mol. The number of para-hydroxylation sites is 1. The van der Waals surface area contributed by atoms with E-state index in [9.17, 15) is 9.59 Å². The Hall–Kier alpha value is -4.26. The Kier molecular flexibility index (Phi) is 5.40. The number of hydrogen-bond acceptors (Lipinski definition) is 4. The summed E-state index contributed by atoms with van der Waals surface area (Å²) in [5.74, 6) is 1.12. The summed E-state index contributed by atoms with van der Waals surface area (Å²) in [7, 11) is 3.17. The van der Waals surface area contributed by atoms with E-state index in [1.165, 1.54) is 0 Å². The Morgan fingerprint density at radius 1 is 0.917 bits per heavy atom. The number of hydrogen-bond donors (Lipinski definition) is 1. The zero-order chi connectivity index (χ0) is 24.8. The molecule has 3 aromatic carbocycles. The summed E-state index contributed by atoms with van der Waals surface area (Å²) in [6.07, 6.45) is 0.482. The van der Waals surface area contributed by atoms with Crippen molar-refractivity contribution in [2.45, 2.75) is 25.0 Å². The van der Waals surface area contributed by atoms with Crippen molar-refractivity contribution in [3.63, 3.8) is 0 Å². The number of nitrogens with zero attached hydrogens (tertiary/aromatic N) is 2. The fourth-order valence-electron chi connectivity index (χ4n) is 5.64. The average molecular weight is 482 g/mol. The van der Waals surface area contributed by atoms with Crippen molar-refractivity contribution < 1.29 is 19.1 Å². The Balaban J connectivity index is 1.40. The fraction of sp³-hybridized carbons (Fsp3) is 0.241. The Bertz CT molecular complexity index is 1460. The minimum absolute atomic E-state index is 0.0303. The van der Waals surface area contributed by atoms with E-state index < -0.39 is 6.04 Å². The van der Waals surface area contributed by atoms with Crippen LogP contribution >= 0.6 is 0 Å². The zero-order valence-electron chi connectivity index (χ0n) is 20.2. The maximum absolute atomic E-state index is 13.9. The molecule has 4 aromatic rings. The van der Waals surface area contributed by atoms with E-state index in [2.05, 4.69) is 11.1 Å². The van der Waals surface area contributed by atoms with Crippen LogP contribution in [0.4, 0.5) is 0 Å². The van der Waals surface area contributed by atoms with Gasteiger partial charge < -0.3 is 24.3 Å². The quantitative estimate of drug-likeness (QED) is 0.466. The number of methoxy groups -OCH3 is 2. The van der Waals surface area contributed by atoms with Crippen molar-refractivity contribution >= 4 is 22.7 Å². The molecule has 2 atom stereocenters. The molecule has 0 radical (unpaired) electrons. The molecule has 0 spiro atoms. The summed E-state index contributed by atoms with van der Waals surface area (Å²) >= 11 is 0. The summed E-state index contributed by atoms with van der Waals surface area (Å²) in [5.41, 5.74) is 4.99. The largest absolute Gasteiger partial charge is 0.493 e. The molecule has 0 aliphatic carbocycles. The molecular weight excluding hydrogens is 454 g/mol. The second kappa shape index (κ2) is 8.75. The van der Waals surface area contributed by atoms with Crippen LogP contribution in [0, 0.1) is 0 Å². The first-order valence-electron chi connectivity index (χ1n) is 12.0. The number of rotatable bonds is 5. The molecule has 1 unspecified atom stereocenters. The van der Waals surface area contributed by atoms with Gasteiger partial charge in [0.05, 0.1) is 20.3 Å². The van der Waals surface area contributed by atoms with Gasteiger partial charge in [0.15, 0.2) is 11.5 Å². The molecule has 1 aromatic heterocycles. The first kappa shape index (κ1) is 22.2. The zero-order valence-corrected chi connectivity index (χ0v) is 20.2. The van der Waals surface area contributed by atoms with Crippen molar-refractivity contribution in [1.82, 2.24) is 14.8 Å². The summed E-state index contributed by atoms with van der Waals surface area (Å²) in [4.78, 5) is 34.6. The molecule has 182 valence electrons. The Morgan fingerprint density at radius 3 is 2.44 bits per heavy atom. The van der Waals surface area contributed by atoms with E-state index in [4.69, 9.17) is 9.47 Å². The second-order valence-corrected chi connectivity index (χ2v) is 9.28. The highest BCUT2D eigenvalue weighted by atomic mass is 16.5. The number of aromatic amines is 1. The number of piperazine rings is 1. The lowest BCUT2D eigenvalue weighted by atomic mass is 9.86. The summed E-state index contributed by atoms with van der Waals surface area (Å²) in [6, 6.07) is 22.8. The van der Waals surface area contributed by atoms with Gasteiger partial charge >= 0.3 is 0 Å². The molecule has 36 heavy (non-hydrogen) atoms. The Morgan fingerprint density at radius 2 is 1.67 bits per heavy atom. The van der Waals surface area contributed by atoms with Crippen LogP contribution in [-0.2, 0) is 22.6 Å². The lowest BCUT2D eigenvalue weighted by molar-refractivity contribution is -0.159. The highest BCUT2D eigenvalue weighted by Gasteiger charge is 2.48. The minimum Gasteiger partial charge on any atom is -0.493 e. The van der Waals surface area contributed by atoms with Gasteiger partial charge in [0, 0.05) is 29.6 Å². The standard InChI is InChI=1S/C29H27N3O4/c1-35-24-13-12-18(14-25(24)36-2)16-31-17-26(33)32-23(29(31)34)15-21-20-10-6-7-11-22(20)30-27(21)28(32)19-8-4-3-5-9-19/h3-14,23,28,30H,15-17H2,1-2H3/t23-,28?/m0/s1. The van der Waals surface area contributed by atoms with Gasteiger partial charge in [-0.3, -0.25) is 9.59 Å². The van der Waals surface area contributed by atoms with E-state index in [1.54, 1.807) is 24.0 Å². The highest BCUT2D eigenvalue weighted by Crippen LogP contribution is 2.42. The van der Waals surface area contributed by atoms with Gasteiger partial charge in [-0.05, 0) is 34.9 Å². The second-order valence-electron chi connectivity index (χ2n) is 9.28. The fourth-order valence-corrected chi connectivity index (χ4v) is 5.64. The minimum atomic E-state index is -0.566. The molecule has 1 fully saturated rings. The topological polar surface area (TPSA) is 74.9 Å². The first-order chi connectivity index (χ1) is 17.6. The molecule has 0 saturated carbocycles. The van der Waals surface area contributed by atoms with Gasteiger partial charge in [0.1, 0.15) is 12.6 Å². The normalized spacial score (nSPS) is 19.3. The molecule has 2 aliphatic heterocycles. The van der Waals surface area contributed by atoms with Crippen molar-refractivity contribution in [3.8, 4) is 11.5 Å². The number of amides is 2. The number of carbonyl (C=O) groups is 2. The smallest absolute Gasteiger partial charge is 0.246 e. The molecular formula is C29H27N3O4. The number of benzene rings is 3. The van der Waals surface area contributed by atoms with Gasteiger partial charge in [-0.1, -0.05) is 54.6 Å². The summed E-state index contributed by atoms with van der Waals surface area (Å²) in [5, 5.41) is 1.10. The third-order valence-corrected chi connectivity index (χ3v) is 7.28. The number of H-pyrrole nitrogens is 1. The van der Waals surface area contributed by atoms with Crippen LogP contribution in [0.15, 0.2) is 72.8 Å². The average Bonchev–Trinajstić information content (AvgIpc) is 3.29. The van der Waals surface area contributed by atoms with Gasteiger partial charge in [0.25, 0.3) is 0 Å². The van der Waals surface area contributed by atoms with E-state index in [1.807, 2.05) is 66.7 Å². The van der Waals surface area contributed by atoms with Crippen LogP contribution in [0.3, 0.4) is 0 Å². The van der Waals surface area contributed by atoms with Crippen LogP contribution in [0.5, 0.6) is 11.5 Å². The predicted molar refractivity (Wildman–Crippen MR) is 136 cm³/mol. The van der Waals surface area contributed by atoms with E-state index in [-0.39, 0.29) is 24.4 Å². The molecule has 1 N–H and O–H groups in total. The van der Waals surface area contributed by atoms with Crippen molar-refractivity contribution in [3.05, 3.63) is 95.2 Å². The molecule has 2 amide bonds. The van der Waals surface area contributed by atoms with Gasteiger partial charge in [0.2, 0.25) is 11.8 Å². The molecule has 6 rings (SSSR count). The van der Waals surface area contributed by atoms with Crippen molar-refractivity contribution in [1.29, 1.82) is 0 Å². The number of aromatic nitrogens is 1. The van der Waals surface area contributed by atoms with Crippen LogP contribution in [-0.4, -0.2) is 53.4 Å². The maximum Gasteiger partial charge on any atom is 0.246 e. The maximum atomic E-state index is 13.9. The van der Waals surface area contributed by atoms with Crippen LogP contribution in [0.1, 0.15) is 28.4 Å². The molecule has 7 heteroatoms. The SMILES string of the molecule is COc1ccc(CN2CC(=O)N3C(c4ccccc4)c4[nH]c5ccccc5c4C[C@H]3C2=O)cc1OC. The van der Waals surface area contributed by atoms with E-state index >= 15 is 0 Å². The molecule has 7 nitrogen and oxygen atoms in total. The van der Waals surface area contributed by atoms with Crippen LogP contribution < -0.4 is 9.47 Å². The predicted octanol–water partition coefficient (Wildman–Crippen LogP) is 4.07. The number of fused-ring (bicyclic) bond motifs is 4. The Labute approximate surface area is 209 Å². The highest BCUT2D eigenvalue weighted by molar-refractivity contribution is 5.97. The van der Waals surface area contributed by atoms with Crippen molar-refractivity contribution in [2.75, 3.05) is 20.8 Å². The lowest BCUT2D eigenvalue weighted by Gasteiger charge is -2.47. The number of nitrogens with one attached hydrogen (secondary N) is 1. The van der Waals surface area contributed by atoms with Gasteiger partial charge in [-0.25, -0.2) is 0 Å². The lowest BCUT2D eigenvalue weighted by Crippen LogP contribution is -2.62. The molecule has 2 aliphatic rings. The molecule has 1 saturated heterocycles. The summed E-state index contributed by atoms with van der Waals surface area (Å²) < 4.78 is 10.8. The number of carbonyl (C=O) groups excluding carboxylic acids is 2. The van der Waals surface area contributed by atoms with Crippen molar-refractivity contribution in [2.24, 2.45) is 0 Å².